The van der Waals surface area contributed by atoms with Crippen molar-refractivity contribution >= 4 is 7.98 Å². The van der Waals surface area contributed by atoms with Gasteiger partial charge in [-0.05, 0) is 47.0 Å². The molecule has 1 saturated heterocycles. The molecule has 2 radical (unpaired) electrons. The molecular weight excluding hydrogens is 245 g/mol. The van der Waals surface area contributed by atoms with E-state index in [0.29, 0.717) is 5.92 Å². The van der Waals surface area contributed by atoms with Gasteiger partial charge in [-0.2, -0.15) is 0 Å². The third kappa shape index (κ3) is 4.53. The first-order valence-electron chi connectivity index (χ1n) is 7.88. The van der Waals surface area contributed by atoms with Gasteiger partial charge in [0.15, 0.2) is 7.98 Å². The molecule has 0 bridgehead atoms. The zero-order chi connectivity index (χ0) is 15.4. The number of nitrogens with zero attached hydrogens (tertiary/aromatic N) is 1. The van der Waals surface area contributed by atoms with E-state index in [9.17, 15) is 0 Å². The first-order chi connectivity index (χ1) is 9.23. The van der Waals surface area contributed by atoms with Gasteiger partial charge in [-0.3, -0.25) is 0 Å². The minimum atomic E-state index is -0.0246. The quantitative estimate of drug-likeness (QED) is 0.574. The average molecular weight is 275 g/mol. The molecule has 112 valence electrons. The van der Waals surface area contributed by atoms with Crippen molar-refractivity contribution in [3.8, 4) is 11.8 Å². The first kappa shape index (κ1) is 17.6. The molecule has 0 N–H and O–H groups in total. The van der Waals surface area contributed by atoms with Crippen molar-refractivity contribution in [1.29, 1.82) is 0 Å². The highest BCUT2D eigenvalue weighted by atomic mass is 16.5. The van der Waals surface area contributed by atoms with E-state index in [-0.39, 0.29) is 17.2 Å². The van der Waals surface area contributed by atoms with Crippen molar-refractivity contribution < 1.29 is 4.74 Å². The maximum Gasteiger partial charge on any atom is 0.183 e. The minimum Gasteiger partial charge on any atom is -0.377 e. The molecule has 0 spiro atoms. The van der Waals surface area contributed by atoms with E-state index in [0.717, 1.165) is 32.3 Å². The van der Waals surface area contributed by atoms with Crippen LogP contribution in [-0.2, 0) is 4.74 Å². The van der Waals surface area contributed by atoms with Crippen molar-refractivity contribution in [2.24, 2.45) is 5.92 Å². The zero-order valence-corrected chi connectivity index (χ0v) is 14.1. The smallest absolute Gasteiger partial charge is 0.183 e. The Morgan fingerprint density at radius 2 is 1.75 bits per heavy atom. The molecule has 3 heteroatoms. The molecule has 1 fully saturated rings. The molecule has 0 aromatic rings. The summed E-state index contributed by atoms with van der Waals surface area (Å²) in [5.74, 6) is 6.83. The van der Waals surface area contributed by atoms with Crippen molar-refractivity contribution in [2.45, 2.75) is 84.4 Å². The molecule has 0 amide bonds. The second-order valence-electron chi connectivity index (χ2n) is 7.14. The summed E-state index contributed by atoms with van der Waals surface area (Å²) in [6, 6.07) is 0. The SMILES string of the molecule is [B]N1C(C)(C)CC(OCC(C#CCC)CC)CC1(C)C. The van der Waals surface area contributed by atoms with Crippen LogP contribution in [0.3, 0.4) is 0 Å². The lowest BCUT2D eigenvalue weighted by molar-refractivity contribution is -0.0688. The Bertz CT molecular complexity index is 349. The number of ether oxygens (including phenoxy) is 1. The van der Waals surface area contributed by atoms with Crippen LogP contribution in [0, 0.1) is 17.8 Å². The monoisotopic (exact) mass is 275 g/mol. The number of hydrogen-bond donors (Lipinski definition) is 0. The maximum atomic E-state index is 6.26. The summed E-state index contributed by atoms with van der Waals surface area (Å²) in [6.45, 7) is 13.8. The van der Waals surface area contributed by atoms with Gasteiger partial charge in [-0.15, -0.1) is 5.92 Å². The number of piperidine rings is 1. The van der Waals surface area contributed by atoms with Gasteiger partial charge in [0.05, 0.1) is 12.7 Å². The van der Waals surface area contributed by atoms with Crippen molar-refractivity contribution in [3.63, 3.8) is 0 Å². The van der Waals surface area contributed by atoms with Crippen LogP contribution >= 0.6 is 0 Å². The Labute approximate surface area is 127 Å². The van der Waals surface area contributed by atoms with Crippen LogP contribution in [-0.4, -0.2) is 36.6 Å². The number of hydrogen-bond acceptors (Lipinski definition) is 2. The van der Waals surface area contributed by atoms with Gasteiger partial charge in [0.25, 0.3) is 0 Å². The third-order valence-electron chi connectivity index (χ3n) is 4.27. The molecule has 1 aliphatic rings. The highest BCUT2D eigenvalue weighted by Gasteiger charge is 2.42. The van der Waals surface area contributed by atoms with Crippen LogP contribution in [0.15, 0.2) is 0 Å². The molecule has 1 rings (SSSR count). The summed E-state index contributed by atoms with van der Waals surface area (Å²) < 4.78 is 6.17. The standard InChI is InChI=1S/C17H30BNO/c1-7-9-10-14(8-2)13-20-15-11-16(3,4)19(18)17(5,6)12-15/h14-15H,7-8,11-13H2,1-6H3. The van der Waals surface area contributed by atoms with Crippen molar-refractivity contribution in [1.82, 2.24) is 4.81 Å². The maximum absolute atomic E-state index is 6.26. The summed E-state index contributed by atoms with van der Waals surface area (Å²) in [4.78, 5) is 1.99. The molecule has 1 unspecified atom stereocenters. The van der Waals surface area contributed by atoms with E-state index in [1.54, 1.807) is 0 Å². The minimum absolute atomic E-state index is 0.0246. The number of rotatable bonds is 4. The van der Waals surface area contributed by atoms with Gasteiger partial charge in [-0.1, -0.05) is 19.8 Å². The van der Waals surface area contributed by atoms with Crippen molar-refractivity contribution in [3.05, 3.63) is 0 Å². The lowest BCUT2D eigenvalue weighted by Gasteiger charge is -2.54. The zero-order valence-electron chi connectivity index (χ0n) is 14.1. The average Bonchev–Trinajstić information content (AvgIpc) is 2.35. The van der Waals surface area contributed by atoms with Crippen LogP contribution in [0.25, 0.3) is 0 Å². The molecular formula is C17H30BNO. The summed E-state index contributed by atoms with van der Waals surface area (Å²) in [5.41, 5.74) is -0.0492. The Hall–Kier alpha value is -0.455. The van der Waals surface area contributed by atoms with Crippen molar-refractivity contribution in [2.75, 3.05) is 6.61 Å². The molecule has 1 heterocycles. The fourth-order valence-corrected chi connectivity index (χ4v) is 3.08. The predicted molar refractivity (Wildman–Crippen MR) is 86.6 cm³/mol. The largest absolute Gasteiger partial charge is 0.377 e. The summed E-state index contributed by atoms with van der Waals surface area (Å²) in [7, 11) is 6.26. The van der Waals surface area contributed by atoms with E-state index < -0.39 is 0 Å². The van der Waals surface area contributed by atoms with Crippen LogP contribution in [0.1, 0.15) is 67.2 Å². The van der Waals surface area contributed by atoms with Crippen LogP contribution in [0.4, 0.5) is 0 Å². The lowest BCUT2D eigenvalue weighted by Crippen LogP contribution is -2.61. The normalized spacial score (nSPS) is 23.9. The highest BCUT2D eigenvalue weighted by molar-refractivity contribution is 6.05. The van der Waals surface area contributed by atoms with Gasteiger partial charge in [0, 0.05) is 23.4 Å². The van der Waals surface area contributed by atoms with E-state index >= 15 is 0 Å². The van der Waals surface area contributed by atoms with Crippen LogP contribution in [0.5, 0.6) is 0 Å². The van der Waals surface area contributed by atoms with Gasteiger partial charge >= 0.3 is 0 Å². The van der Waals surface area contributed by atoms with E-state index in [1.807, 2.05) is 4.81 Å². The molecule has 1 atom stereocenters. The lowest BCUT2D eigenvalue weighted by atomic mass is 9.75. The Kier molecular flexibility index (Phi) is 6.16. The Morgan fingerprint density at radius 1 is 1.20 bits per heavy atom. The molecule has 2 nitrogen and oxygen atoms in total. The molecule has 0 aliphatic carbocycles. The second kappa shape index (κ2) is 7.01. The van der Waals surface area contributed by atoms with Gasteiger partial charge in [-0.25, -0.2) is 0 Å². The van der Waals surface area contributed by atoms with Gasteiger partial charge in [0.1, 0.15) is 0 Å². The summed E-state index contributed by atoms with van der Waals surface area (Å²) in [6.07, 6.45) is 4.20. The summed E-state index contributed by atoms with van der Waals surface area (Å²) in [5, 5.41) is 0. The van der Waals surface area contributed by atoms with Crippen LogP contribution < -0.4 is 0 Å². The van der Waals surface area contributed by atoms with Crippen LogP contribution in [0.2, 0.25) is 0 Å². The molecule has 0 aromatic heterocycles. The van der Waals surface area contributed by atoms with E-state index in [1.165, 1.54) is 0 Å². The van der Waals surface area contributed by atoms with Gasteiger partial charge in [0.2, 0.25) is 0 Å². The van der Waals surface area contributed by atoms with Gasteiger partial charge < -0.3 is 9.55 Å². The fourth-order valence-electron chi connectivity index (χ4n) is 3.08. The van der Waals surface area contributed by atoms with E-state index in [4.69, 9.17) is 12.7 Å². The topological polar surface area (TPSA) is 12.5 Å². The molecule has 0 saturated carbocycles. The second-order valence-corrected chi connectivity index (χ2v) is 7.14. The third-order valence-corrected chi connectivity index (χ3v) is 4.27. The first-order valence-corrected chi connectivity index (χ1v) is 7.88. The predicted octanol–water partition coefficient (Wildman–Crippen LogP) is 3.55. The Morgan fingerprint density at radius 3 is 2.20 bits per heavy atom. The highest BCUT2D eigenvalue weighted by Crippen LogP contribution is 2.37. The fraction of sp³-hybridized carbons (Fsp3) is 0.882. The molecule has 1 aliphatic heterocycles. The Balaban J connectivity index is 2.60. The molecule has 0 aromatic carbocycles. The summed E-state index contributed by atoms with van der Waals surface area (Å²) >= 11 is 0. The van der Waals surface area contributed by atoms with E-state index in [2.05, 4.69) is 53.4 Å². The molecule has 20 heavy (non-hydrogen) atoms.